The molecule has 3 aromatic rings. The molecule has 3 rings (SSSR count). The number of amides is 2. The normalized spacial score (nSPS) is 10.7. The lowest BCUT2D eigenvalue weighted by atomic mass is 10.1. The van der Waals surface area contributed by atoms with E-state index in [9.17, 15) is 18.8 Å². The second-order valence-electron chi connectivity index (χ2n) is 7.00. The fourth-order valence-electron chi connectivity index (χ4n) is 3.00. The molecule has 8 nitrogen and oxygen atoms in total. The Kier molecular flexibility index (Phi) is 7.77. The molecule has 0 saturated heterocycles. The standard InChI is InChI=1S/C22H22ClFN4O4/c1-2-3-6-11-28-22(31)16-8-5-4-7-15(16)20(27-28)21(30)26-25-19(29)13-32-14-9-10-18(24)17(23)12-14/h4-5,7-10,12H,2-3,6,11,13H2,1H3,(H,25,29)(H,26,30). The summed E-state index contributed by atoms with van der Waals surface area (Å²) in [6.07, 6.45) is 2.66. The van der Waals surface area contributed by atoms with Gasteiger partial charge in [0, 0.05) is 18.0 Å². The van der Waals surface area contributed by atoms with E-state index in [1.807, 2.05) is 6.92 Å². The zero-order valence-corrected chi connectivity index (χ0v) is 18.1. The number of rotatable bonds is 8. The number of hydrogen-bond acceptors (Lipinski definition) is 5. The quantitative estimate of drug-likeness (QED) is 0.397. The SMILES string of the molecule is CCCCCn1nc(C(=O)NNC(=O)COc2ccc(F)c(Cl)c2)c2ccccc2c1=O. The highest BCUT2D eigenvalue weighted by molar-refractivity contribution is 6.30. The summed E-state index contributed by atoms with van der Waals surface area (Å²) in [6.45, 7) is 2.00. The van der Waals surface area contributed by atoms with Gasteiger partial charge >= 0.3 is 0 Å². The number of halogens is 2. The maximum Gasteiger partial charge on any atom is 0.290 e. The fourth-order valence-corrected chi connectivity index (χ4v) is 3.17. The number of nitrogens with zero attached hydrogens (tertiary/aromatic N) is 2. The topological polar surface area (TPSA) is 102 Å². The van der Waals surface area contributed by atoms with Crippen LogP contribution in [0.2, 0.25) is 5.02 Å². The first kappa shape index (κ1) is 23.2. The Hall–Kier alpha value is -3.46. The summed E-state index contributed by atoms with van der Waals surface area (Å²) in [5, 5.41) is 4.84. The number of carbonyl (C=O) groups is 2. The van der Waals surface area contributed by atoms with E-state index in [2.05, 4.69) is 16.0 Å². The molecule has 1 aromatic heterocycles. The molecule has 0 aliphatic rings. The van der Waals surface area contributed by atoms with Gasteiger partial charge in [-0.25, -0.2) is 9.07 Å². The van der Waals surface area contributed by atoms with Gasteiger partial charge in [-0.3, -0.25) is 25.2 Å². The van der Waals surface area contributed by atoms with Crippen molar-refractivity contribution in [3.8, 4) is 5.75 Å². The minimum absolute atomic E-state index is 0.0169. The summed E-state index contributed by atoms with van der Waals surface area (Å²) in [7, 11) is 0. The third kappa shape index (κ3) is 5.61. The van der Waals surface area contributed by atoms with Crippen LogP contribution in [-0.4, -0.2) is 28.2 Å². The molecule has 0 aliphatic heterocycles. The first-order valence-corrected chi connectivity index (χ1v) is 10.5. The molecule has 2 aromatic carbocycles. The molecule has 1 heterocycles. The smallest absolute Gasteiger partial charge is 0.290 e. The maximum absolute atomic E-state index is 13.2. The Bertz CT molecular complexity index is 1200. The van der Waals surface area contributed by atoms with Crippen LogP contribution in [0.1, 0.15) is 36.7 Å². The molecule has 168 valence electrons. The number of aryl methyl sites for hydroxylation is 1. The van der Waals surface area contributed by atoms with Gasteiger partial charge in [0.25, 0.3) is 17.4 Å². The number of hydrogen-bond donors (Lipinski definition) is 2. The van der Waals surface area contributed by atoms with E-state index in [4.69, 9.17) is 16.3 Å². The Labute approximate surface area is 188 Å². The van der Waals surface area contributed by atoms with Crippen molar-refractivity contribution in [2.24, 2.45) is 0 Å². The van der Waals surface area contributed by atoms with E-state index in [-0.39, 0.29) is 22.0 Å². The van der Waals surface area contributed by atoms with Gasteiger partial charge in [0.15, 0.2) is 12.3 Å². The first-order chi connectivity index (χ1) is 15.4. The number of hydrazine groups is 1. The molecule has 0 radical (unpaired) electrons. The average molecular weight is 461 g/mol. The highest BCUT2D eigenvalue weighted by atomic mass is 35.5. The fraction of sp³-hybridized carbons (Fsp3) is 0.273. The lowest BCUT2D eigenvalue weighted by Crippen LogP contribution is -2.44. The van der Waals surface area contributed by atoms with Crippen molar-refractivity contribution in [3.05, 3.63) is 69.4 Å². The third-order valence-corrected chi connectivity index (χ3v) is 4.92. The predicted molar refractivity (Wildman–Crippen MR) is 118 cm³/mol. The van der Waals surface area contributed by atoms with Crippen molar-refractivity contribution in [1.82, 2.24) is 20.6 Å². The van der Waals surface area contributed by atoms with Crippen LogP contribution in [0.25, 0.3) is 10.8 Å². The van der Waals surface area contributed by atoms with Gasteiger partial charge in [0.1, 0.15) is 11.6 Å². The number of carbonyl (C=O) groups excluding carboxylic acids is 2. The van der Waals surface area contributed by atoms with Crippen molar-refractivity contribution >= 4 is 34.2 Å². The van der Waals surface area contributed by atoms with Crippen molar-refractivity contribution in [3.63, 3.8) is 0 Å². The van der Waals surface area contributed by atoms with Gasteiger partial charge in [0.2, 0.25) is 0 Å². The van der Waals surface area contributed by atoms with Crippen molar-refractivity contribution in [1.29, 1.82) is 0 Å². The summed E-state index contributed by atoms with van der Waals surface area (Å²) in [6, 6.07) is 10.3. The van der Waals surface area contributed by atoms with Crippen molar-refractivity contribution in [2.45, 2.75) is 32.7 Å². The molecule has 32 heavy (non-hydrogen) atoms. The zero-order chi connectivity index (χ0) is 23.1. The highest BCUT2D eigenvalue weighted by Crippen LogP contribution is 2.21. The minimum Gasteiger partial charge on any atom is -0.484 e. The summed E-state index contributed by atoms with van der Waals surface area (Å²) in [5.41, 5.74) is 4.25. The second kappa shape index (κ2) is 10.7. The largest absolute Gasteiger partial charge is 0.484 e. The van der Waals surface area contributed by atoms with Gasteiger partial charge in [-0.1, -0.05) is 49.6 Å². The lowest BCUT2D eigenvalue weighted by Gasteiger charge is -2.12. The molecule has 0 spiro atoms. The van der Waals surface area contributed by atoms with Gasteiger partial charge in [-0.05, 0) is 24.6 Å². The van der Waals surface area contributed by atoms with E-state index < -0.39 is 24.2 Å². The maximum atomic E-state index is 13.2. The number of unbranched alkanes of at least 4 members (excludes halogenated alkanes) is 2. The molecule has 2 amide bonds. The number of benzene rings is 2. The van der Waals surface area contributed by atoms with E-state index in [1.165, 1.54) is 16.8 Å². The number of ether oxygens (including phenoxy) is 1. The monoisotopic (exact) mass is 460 g/mol. The summed E-state index contributed by atoms with van der Waals surface area (Å²) >= 11 is 5.67. The van der Waals surface area contributed by atoms with Gasteiger partial charge in [0.05, 0.1) is 10.4 Å². The van der Waals surface area contributed by atoms with Gasteiger partial charge < -0.3 is 4.74 Å². The van der Waals surface area contributed by atoms with Crippen molar-refractivity contribution in [2.75, 3.05) is 6.61 Å². The second-order valence-corrected chi connectivity index (χ2v) is 7.40. The molecule has 0 saturated carbocycles. The third-order valence-electron chi connectivity index (χ3n) is 4.63. The van der Waals surface area contributed by atoms with Crippen LogP contribution in [-0.2, 0) is 11.3 Å². The van der Waals surface area contributed by atoms with Crippen LogP contribution in [0, 0.1) is 5.82 Å². The van der Waals surface area contributed by atoms with E-state index >= 15 is 0 Å². The molecule has 2 N–H and O–H groups in total. The van der Waals surface area contributed by atoms with E-state index in [0.29, 0.717) is 17.3 Å². The molecule has 0 bridgehead atoms. The minimum atomic E-state index is -0.677. The van der Waals surface area contributed by atoms with E-state index in [1.54, 1.807) is 24.3 Å². The van der Waals surface area contributed by atoms with Crippen LogP contribution in [0.5, 0.6) is 5.75 Å². The molecule has 0 aliphatic carbocycles. The Balaban J connectivity index is 1.69. The number of aromatic nitrogens is 2. The summed E-state index contributed by atoms with van der Waals surface area (Å²) in [4.78, 5) is 37.4. The van der Waals surface area contributed by atoms with Gasteiger partial charge in [-0.2, -0.15) is 5.10 Å². The van der Waals surface area contributed by atoms with Crippen LogP contribution >= 0.6 is 11.6 Å². The van der Waals surface area contributed by atoms with Crippen LogP contribution in [0.15, 0.2) is 47.3 Å². The molecule has 10 heteroatoms. The zero-order valence-electron chi connectivity index (χ0n) is 17.4. The molecular weight excluding hydrogens is 439 g/mol. The van der Waals surface area contributed by atoms with E-state index in [0.717, 1.165) is 25.3 Å². The Morgan fingerprint density at radius 1 is 1.12 bits per heavy atom. The highest BCUT2D eigenvalue weighted by Gasteiger charge is 2.17. The van der Waals surface area contributed by atoms with Crippen molar-refractivity contribution < 1.29 is 18.7 Å². The molecule has 0 atom stereocenters. The van der Waals surface area contributed by atoms with Crippen LogP contribution in [0.4, 0.5) is 4.39 Å². The summed E-state index contributed by atoms with van der Waals surface area (Å²) in [5.74, 6) is -1.74. The van der Waals surface area contributed by atoms with Gasteiger partial charge in [-0.15, -0.1) is 0 Å². The Morgan fingerprint density at radius 2 is 1.88 bits per heavy atom. The molecule has 0 fully saturated rings. The average Bonchev–Trinajstić information content (AvgIpc) is 2.80. The summed E-state index contributed by atoms with van der Waals surface area (Å²) < 4.78 is 19.7. The molecular formula is C22H22ClFN4O4. The van der Waals surface area contributed by atoms with Crippen LogP contribution < -0.4 is 21.1 Å². The number of nitrogens with one attached hydrogen (secondary N) is 2. The Morgan fingerprint density at radius 3 is 2.59 bits per heavy atom. The molecule has 0 unspecified atom stereocenters. The lowest BCUT2D eigenvalue weighted by molar-refractivity contribution is -0.123. The number of fused-ring (bicyclic) bond motifs is 1. The predicted octanol–water partition coefficient (Wildman–Crippen LogP) is 3.22. The van der Waals surface area contributed by atoms with Crippen LogP contribution in [0.3, 0.4) is 0 Å². The first-order valence-electron chi connectivity index (χ1n) is 10.1.